The molecule has 2 aromatic rings. The minimum Gasteiger partial charge on any atom is -0.330 e. The molecule has 1 aliphatic heterocycles. The number of hydrogen-bond acceptors (Lipinski definition) is 4. The number of rotatable bonds is 5. The number of nitriles is 1. The minimum atomic E-state index is -3.45. The van der Waals surface area contributed by atoms with Gasteiger partial charge in [0, 0.05) is 19.0 Å². The van der Waals surface area contributed by atoms with Crippen LogP contribution in [-0.2, 0) is 15.8 Å². The van der Waals surface area contributed by atoms with E-state index in [1.165, 1.54) is 0 Å². The summed E-state index contributed by atoms with van der Waals surface area (Å²) < 4.78 is 27.2. The molecule has 1 aliphatic rings. The summed E-state index contributed by atoms with van der Waals surface area (Å²) in [6.45, 7) is 1.35. The zero-order chi connectivity index (χ0) is 17.9. The van der Waals surface area contributed by atoms with E-state index in [-0.39, 0.29) is 17.6 Å². The van der Waals surface area contributed by atoms with Crippen molar-refractivity contribution in [2.24, 2.45) is 11.7 Å². The predicted octanol–water partition coefficient (Wildman–Crippen LogP) is 2.06. The van der Waals surface area contributed by atoms with E-state index < -0.39 is 10.0 Å². The van der Waals surface area contributed by atoms with E-state index >= 15 is 0 Å². The molecule has 25 heavy (non-hydrogen) atoms. The summed E-state index contributed by atoms with van der Waals surface area (Å²) in [5.74, 6) is 0.135. The maximum absolute atomic E-state index is 12.8. The Morgan fingerprint density at radius 3 is 2.56 bits per heavy atom. The molecule has 5 nitrogen and oxygen atoms in total. The second kappa shape index (κ2) is 7.36. The first-order chi connectivity index (χ1) is 12.0. The Bertz CT molecular complexity index is 875. The lowest BCUT2D eigenvalue weighted by molar-refractivity contribution is 0.458. The Kier molecular flexibility index (Phi) is 5.19. The van der Waals surface area contributed by atoms with Crippen LogP contribution in [0.1, 0.15) is 22.6 Å². The van der Waals surface area contributed by atoms with Gasteiger partial charge in [0.05, 0.1) is 17.4 Å². The Balaban J connectivity index is 1.80. The molecule has 0 saturated carbocycles. The van der Waals surface area contributed by atoms with Gasteiger partial charge in [-0.1, -0.05) is 42.5 Å². The molecule has 0 bridgehead atoms. The number of benzene rings is 2. The maximum atomic E-state index is 12.8. The van der Waals surface area contributed by atoms with Crippen LogP contribution < -0.4 is 5.73 Å². The van der Waals surface area contributed by atoms with Crippen LogP contribution in [0.25, 0.3) is 0 Å². The average Bonchev–Trinajstić information content (AvgIpc) is 3.07. The Morgan fingerprint density at radius 1 is 1.12 bits per heavy atom. The summed E-state index contributed by atoms with van der Waals surface area (Å²) in [6.07, 6.45) is 0. The number of hydrogen-bond donors (Lipinski definition) is 1. The lowest BCUT2D eigenvalue weighted by atomic mass is 9.89. The van der Waals surface area contributed by atoms with Crippen LogP contribution in [0.3, 0.4) is 0 Å². The SMILES string of the molecule is N#Cc1cccc(CS(=O)(=O)N2C[C@@H](CN)[C@H](c3ccccc3)C2)c1. The third-order valence-corrected chi connectivity index (χ3v) is 6.52. The van der Waals surface area contributed by atoms with E-state index in [2.05, 4.69) is 0 Å². The Morgan fingerprint density at radius 2 is 1.88 bits per heavy atom. The highest BCUT2D eigenvalue weighted by molar-refractivity contribution is 7.88. The van der Waals surface area contributed by atoms with Crippen LogP contribution >= 0.6 is 0 Å². The van der Waals surface area contributed by atoms with Gasteiger partial charge in [-0.25, -0.2) is 12.7 Å². The van der Waals surface area contributed by atoms with Crippen molar-refractivity contribution in [3.05, 3.63) is 71.3 Å². The molecule has 0 amide bonds. The number of nitrogens with two attached hydrogens (primary N) is 1. The highest BCUT2D eigenvalue weighted by Gasteiger charge is 2.38. The highest BCUT2D eigenvalue weighted by atomic mass is 32.2. The average molecular weight is 355 g/mol. The molecule has 1 heterocycles. The fraction of sp³-hybridized carbons (Fsp3) is 0.316. The van der Waals surface area contributed by atoms with E-state index in [4.69, 9.17) is 11.0 Å². The second-order valence-corrected chi connectivity index (χ2v) is 8.37. The van der Waals surface area contributed by atoms with Crippen molar-refractivity contribution in [1.82, 2.24) is 4.31 Å². The lowest BCUT2D eigenvalue weighted by Gasteiger charge is -2.17. The third kappa shape index (κ3) is 3.90. The first-order valence-corrected chi connectivity index (χ1v) is 9.86. The topological polar surface area (TPSA) is 87.2 Å². The van der Waals surface area contributed by atoms with Crippen LogP contribution in [0.15, 0.2) is 54.6 Å². The van der Waals surface area contributed by atoms with Gasteiger partial charge in [-0.05, 0) is 35.7 Å². The number of nitrogens with zero attached hydrogens (tertiary/aromatic N) is 2. The zero-order valence-corrected chi connectivity index (χ0v) is 14.7. The van der Waals surface area contributed by atoms with E-state index in [0.717, 1.165) is 5.56 Å². The molecule has 0 aromatic heterocycles. The van der Waals surface area contributed by atoms with Crippen molar-refractivity contribution >= 4 is 10.0 Å². The molecule has 2 atom stereocenters. The van der Waals surface area contributed by atoms with E-state index in [1.807, 2.05) is 36.4 Å². The quantitative estimate of drug-likeness (QED) is 0.889. The van der Waals surface area contributed by atoms with E-state index in [0.29, 0.717) is 30.8 Å². The minimum absolute atomic E-state index is 0.0959. The zero-order valence-electron chi connectivity index (χ0n) is 13.9. The van der Waals surface area contributed by atoms with Crippen LogP contribution in [0.4, 0.5) is 0 Å². The van der Waals surface area contributed by atoms with Gasteiger partial charge >= 0.3 is 0 Å². The monoisotopic (exact) mass is 355 g/mol. The van der Waals surface area contributed by atoms with Crippen molar-refractivity contribution in [2.75, 3.05) is 19.6 Å². The van der Waals surface area contributed by atoms with Gasteiger partial charge in [-0.15, -0.1) is 0 Å². The molecule has 1 fully saturated rings. The summed E-state index contributed by atoms with van der Waals surface area (Å²) in [4.78, 5) is 0. The predicted molar refractivity (Wildman–Crippen MR) is 97.1 cm³/mol. The summed E-state index contributed by atoms with van der Waals surface area (Å²) in [7, 11) is -3.45. The van der Waals surface area contributed by atoms with Crippen LogP contribution in [-0.4, -0.2) is 32.4 Å². The van der Waals surface area contributed by atoms with Crippen molar-refractivity contribution in [3.8, 4) is 6.07 Å². The molecule has 0 spiro atoms. The van der Waals surface area contributed by atoms with Gasteiger partial charge in [0.1, 0.15) is 0 Å². The third-order valence-electron chi connectivity index (χ3n) is 4.74. The van der Waals surface area contributed by atoms with Gasteiger partial charge in [-0.3, -0.25) is 0 Å². The smallest absolute Gasteiger partial charge is 0.218 e. The van der Waals surface area contributed by atoms with Crippen molar-refractivity contribution < 1.29 is 8.42 Å². The van der Waals surface area contributed by atoms with Crippen molar-refractivity contribution in [1.29, 1.82) is 5.26 Å². The molecular formula is C19H21N3O2S. The van der Waals surface area contributed by atoms with Gasteiger partial charge in [0.15, 0.2) is 0 Å². The van der Waals surface area contributed by atoms with E-state index in [1.54, 1.807) is 28.6 Å². The fourth-order valence-electron chi connectivity index (χ4n) is 3.41. The standard InChI is InChI=1S/C19H21N3O2S/c20-10-15-5-4-6-16(9-15)14-25(23,24)22-12-18(11-21)19(13-22)17-7-2-1-3-8-17/h1-9,18-19H,11-14,21H2/t18-,19+/m1/s1. The van der Waals surface area contributed by atoms with Crippen molar-refractivity contribution in [2.45, 2.75) is 11.7 Å². The van der Waals surface area contributed by atoms with Gasteiger partial charge < -0.3 is 5.73 Å². The molecule has 1 saturated heterocycles. The largest absolute Gasteiger partial charge is 0.330 e. The molecule has 0 unspecified atom stereocenters. The van der Waals surface area contributed by atoms with Crippen LogP contribution in [0.5, 0.6) is 0 Å². The Hall–Kier alpha value is -2.20. The maximum Gasteiger partial charge on any atom is 0.218 e. The Labute approximate surface area is 148 Å². The van der Waals surface area contributed by atoms with Crippen molar-refractivity contribution in [3.63, 3.8) is 0 Å². The lowest BCUT2D eigenvalue weighted by Crippen LogP contribution is -2.31. The second-order valence-electron chi connectivity index (χ2n) is 6.40. The first kappa shape index (κ1) is 17.6. The molecule has 2 N–H and O–H groups in total. The highest BCUT2D eigenvalue weighted by Crippen LogP contribution is 2.34. The molecule has 130 valence electrons. The summed E-state index contributed by atoms with van der Waals surface area (Å²) in [5.41, 5.74) is 8.13. The fourth-order valence-corrected chi connectivity index (χ4v) is 5.00. The van der Waals surface area contributed by atoms with Gasteiger partial charge in [0.25, 0.3) is 0 Å². The summed E-state index contributed by atoms with van der Waals surface area (Å²) in [5, 5.41) is 8.98. The van der Waals surface area contributed by atoms with Gasteiger partial charge in [0.2, 0.25) is 10.0 Å². The molecule has 3 rings (SSSR count). The van der Waals surface area contributed by atoms with Crippen LogP contribution in [0, 0.1) is 17.2 Å². The van der Waals surface area contributed by atoms with Crippen LogP contribution in [0.2, 0.25) is 0 Å². The first-order valence-electron chi connectivity index (χ1n) is 8.25. The molecule has 2 aromatic carbocycles. The summed E-state index contributed by atoms with van der Waals surface area (Å²) >= 11 is 0. The molecule has 6 heteroatoms. The summed E-state index contributed by atoms with van der Waals surface area (Å²) in [6, 6.07) is 18.7. The normalized spacial score (nSPS) is 21.1. The van der Waals surface area contributed by atoms with E-state index in [9.17, 15) is 8.42 Å². The van der Waals surface area contributed by atoms with Gasteiger partial charge in [-0.2, -0.15) is 5.26 Å². The molecule has 0 radical (unpaired) electrons. The molecule has 0 aliphatic carbocycles. The molecular weight excluding hydrogens is 334 g/mol. The number of sulfonamides is 1.